The number of fused-ring (bicyclic) bond motifs is 1. The molecule has 2 rings (SSSR count). The smallest absolute Gasteiger partial charge is 0.303 e. The second-order valence-corrected chi connectivity index (χ2v) is 4.93. The maximum Gasteiger partial charge on any atom is 0.303 e. The number of nitrogens with zero attached hydrogens (tertiary/aromatic N) is 1. The summed E-state index contributed by atoms with van der Waals surface area (Å²) in [6.45, 7) is 2.85. The topological polar surface area (TPSA) is 53.2 Å². The van der Waals surface area contributed by atoms with Crippen LogP contribution in [0.5, 0.6) is 0 Å². The van der Waals surface area contributed by atoms with Gasteiger partial charge in [0.15, 0.2) is 12.3 Å². The average Bonchev–Trinajstić information content (AvgIpc) is 2.29. The molecule has 0 saturated carbocycles. The van der Waals surface area contributed by atoms with Crippen LogP contribution >= 0.6 is 15.9 Å². The predicted molar refractivity (Wildman–Crippen MR) is 70.7 cm³/mol. The number of rotatable bonds is 2. The van der Waals surface area contributed by atoms with Gasteiger partial charge in [0.1, 0.15) is 5.82 Å². The number of aromatic nitrogens is 1. The highest BCUT2D eigenvalue weighted by Crippen LogP contribution is 2.30. The lowest BCUT2D eigenvalue weighted by molar-refractivity contribution is -0.617. The van der Waals surface area contributed by atoms with E-state index >= 15 is 0 Å². The molecule has 0 aliphatic rings. The van der Waals surface area contributed by atoms with Crippen LogP contribution in [0.3, 0.4) is 0 Å². The first kappa shape index (κ1) is 13.7. The second kappa shape index (κ2) is 5.13. The highest BCUT2D eigenvalue weighted by molar-refractivity contribution is 9.10. The molecule has 0 radical (unpaired) electrons. The number of carbonyl (C=O) groups excluding carboxylic acids is 1. The van der Waals surface area contributed by atoms with Crippen LogP contribution in [-0.2, 0) is 9.53 Å². The van der Waals surface area contributed by atoms with Crippen molar-refractivity contribution < 1.29 is 18.7 Å². The summed E-state index contributed by atoms with van der Waals surface area (Å²) in [6, 6.07) is 4.12. The summed E-state index contributed by atoms with van der Waals surface area (Å²) in [5.41, 5.74) is 0.230. The van der Waals surface area contributed by atoms with Gasteiger partial charge in [0.05, 0.1) is 4.47 Å². The van der Waals surface area contributed by atoms with Crippen molar-refractivity contribution in [2.45, 2.75) is 20.0 Å². The van der Waals surface area contributed by atoms with Crippen molar-refractivity contribution in [3.05, 3.63) is 45.6 Å². The lowest BCUT2D eigenvalue weighted by Gasteiger charge is -2.14. The highest BCUT2D eigenvalue weighted by atomic mass is 79.9. The van der Waals surface area contributed by atoms with Gasteiger partial charge in [-0.2, -0.15) is 4.73 Å². The first-order valence-corrected chi connectivity index (χ1v) is 6.37. The third-order valence-corrected chi connectivity index (χ3v) is 3.53. The minimum atomic E-state index is -0.725. The molecule has 0 bridgehead atoms. The van der Waals surface area contributed by atoms with Crippen LogP contribution in [0.2, 0.25) is 0 Å². The Hall–Kier alpha value is -1.69. The molecule has 2 aromatic rings. The Balaban J connectivity index is 2.64. The molecular weight excluding hydrogens is 317 g/mol. The molecule has 0 fully saturated rings. The van der Waals surface area contributed by atoms with E-state index in [1.165, 1.54) is 31.3 Å². The van der Waals surface area contributed by atoms with Crippen molar-refractivity contribution in [1.29, 1.82) is 0 Å². The number of ether oxygens (including phenoxy) is 1. The monoisotopic (exact) mass is 327 g/mol. The summed E-state index contributed by atoms with van der Waals surface area (Å²) in [6.07, 6.45) is 0.603. The molecule has 0 aliphatic carbocycles. The molecule has 0 spiro atoms. The molecule has 0 amide bonds. The van der Waals surface area contributed by atoms with Gasteiger partial charge >= 0.3 is 5.97 Å². The van der Waals surface area contributed by atoms with Gasteiger partial charge < -0.3 is 9.94 Å². The van der Waals surface area contributed by atoms with Gasteiger partial charge in [-0.15, -0.1) is 0 Å². The standard InChI is InChI=1S/C13H11BrFNO3/c1-7(19-8(2)17)13-12(14)11-5-10(15)4-3-9(11)6-16(13)18/h3-7H,1-2H3. The van der Waals surface area contributed by atoms with E-state index in [0.717, 1.165) is 0 Å². The normalized spacial score (nSPS) is 12.4. The zero-order valence-electron chi connectivity index (χ0n) is 10.3. The van der Waals surface area contributed by atoms with Crippen molar-refractivity contribution in [3.8, 4) is 0 Å². The molecule has 0 saturated heterocycles. The summed E-state index contributed by atoms with van der Waals surface area (Å²) in [4.78, 5) is 11.0. The van der Waals surface area contributed by atoms with Crippen molar-refractivity contribution in [1.82, 2.24) is 0 Å². The third kappa shape index (κ3) is 2.68. The van der Waals surface area contributed by atoms with E-state index in [1.807, 2.05) is 0 Å². The number of pyridine rings is 1. The summed E-state index contributed by atoms with van der Waals surface area (Å²) < 4.78 is 19.3. The Morgan fingerprint density at radius 2 is 2.21 bits per heavy atom. The van der Waals surface area contributed by atoms with Gasteiger partial charge in [-0.3, -0.25) is 4.79 Å². The first-order valence-electron chi connectivity index (χ1n) is 5.58. The van der Waals surface area contributed by atoms with E-state index in [9.17, 15) is 14.4 Å². The largest absolute Gasteiger partial charge is 0.618 e. The summed E-state index contributed by atoms with van der Waals surface area (Å²) >= 11 is 3.28. The maximum atomic E-state index is 13.3. The van der Waals surface area contributed by atoms with E-state index in [4.69, 9.17) is 4.74 Å². The van der Waals surface area contributed by atoms with E-state index in [1.54, 1.807) is 6.92 Å². The van der Waals surface area contributed by atoms with E-state index in [-0.39, 0.29) is 5.69 Å². The molecule has 19 heavy (non-hydrogen) atoms. The molecule has 1 atom stereocenters. The zero-order chi connectivity index (χ0) is 14.2. The number of carbonyl (C=O) groups is 1. The Bertz CT molecular complexity index is 660. The SMILES string of the molecule is CC(=O)OC(C)c1c(Br)c2cc(F)ccc2c[n+]1[O-]. The lowest BCUT2D eigenvalue weighted by atomic mass is 10.1. The minimum absolute atomic E-state index is 0.230. The van der Waals surface area contributed by atoms with Crippen LogP contribution in [0.1, 0.15) is 25.6 Å². The summed E-state index contributed by atoms with van der Waals surface area (Å²) in [7, 11) is 0. The van der Waals surface area contributed by atoms with Crippen molar-refractivity contribution >= 4 is 32.7 Å². The summed E-state index contributed by atoms with van der Waals surface area (Å²) in [5, 5.41) is 13.1. The fraction of sp³-hybridized carbons (Fsp3) is 0.231. The molecule has 1 unspecified atom stereocenters. The average molecular weight is 328 g/mol. The Kier molecular flexibility index (Phi) is 3.71. The quantitative estimate of drug-likeness (QED) is 0.484. The maximum absolute atomic E-state index is 13.3. The lowest BCUT2D eigenvalue weighted by Crippen LogP contribution is -2.34. The van der Waals surface area contributed by atoms with E-state index in [2.05, 4.69) is 15.9 Å². The molecular formula is C13H11BrFNO3. The van der Waals surface area contributed by atoms with Crippen molar-refractivity contribution in [2.75, 3.05) is 0 Å². The van der Waals surface area contributed by atoms with Gasteiger partial charge in [-0.1, -0.05) is 0 Å². The number of hydrogen-bond donors (Lipinski definition) is 0. The van der Waals surface area contributed by atoms with Crippen LogP contribution < -0.4 is 4.73 Å². The number of benzene rings is 1. The molecule has 1 heterocycles. The van der Waals surface area contributed by atoms with Crippen LogP contribution in [0, 0.1) is 11.0 Å². The second-order valence-electron chi connectivity index (χ2n) is 4.14. The predicted octanol–water partition coefficient (Wildman–Crippen LogP) is 3.00. The molecule has 100 valence electrons. The van der Waals surface area contributed by atoms with Crippen molar-refractivity contribution in [3.63, 3.8) is 0 Å². The molecule has 1 aromatic heterocycles. The van der Waals surface area contributed by atoms with Gasteiger partial charge in [0.2, 0.25) is 5.69 Å². The zero-order valence-corrected chi connectivity index (χ0v) is 11.9. The van der Waals surface area contributed by atoms with Crippen molar-refractivity contribution in [2.24, 2.45) is 0 Å². The molecule has 4 nitrogen and oxygen atoms in total. The van der Waals surface area contributed by atoms with Crippen LogP contribution in [-0.4, -0.2) is 5.97 Å². The van der Waals surface area contributed by atoms with Crippen LogP contribution in [0.15, 0.2) is 28.9 Å². The van der Waals surface area contributed by atoms with Gasteiger partial charge in [-0.25, -0.2) is 4.39 Å². The Labute approximate surface area is 117 Å². The Morgan fingerprint density at radius 1 is 1.53 bits per heavy atom. The highest BCUT2D eigenvalue weighted by Gasteiger charge is 2.24. The van der Waals surface area contributed by atoms with E-state index < -0.39 is 17.9 Å². The number of halogens is 2. The number of esters is 1. The molecule has 0 aliphatic heterocycles. The third-order valence-electron chi connectivity index (χ3n) is 2.70. The van der Waals surface area contributed by atoms with Crippen LogP contribution in [0.25, 0.3) is 10.8 Å². The Morgan fingerprint density at radius 3 is 2.84 bits per heavy atom. The molecule has 1 aromatic carbocycles. The molecule has 6 heteroatoms. The van der Waals surface area contributed by atoms with Gasteiger partial charge in [0.25, 0.3) is 0 Å². The minimum Gasteiger partial charge on any atom is -0.618 e. The first-order chi connectivity index (χ1) is 8.90. The van der Waals surface area contributed by atoms with E-state index in [0.29, 0.717) is 20.0 Å². The number of hydrogen-bond acceptors (Lipinski definition) is 3. The van der Waals surface area contributed by atoms with Gasteiger partial charge in [0, 0.05) is 17.7 Å². The van der Waals surface area contributed by atoms with Gasteiger partial charge in [-0.05, 0) is 41.1 Å². The fourth-order valence-electron chi connectivity index (χ4n) is 1.92. The molecule has 0 N–H and O–H groups in total. The van der Waals surface area contributed by atoms with Crippen LogP contribution in [0.4, 0.5) is 4.39 Å². The fourth-order valence-corrected chi connectivity index (χ4v) is 2.76. The summed E-state index contributed by atoms with van der Waals surface area (Å²) in [5.74, 6) is -0.887.